The number of hydrogen-bond acceptors (Lipinski definition) is 2. The molecular formula is C7H9FN2O2. The number of aromatic nitrogens is 2. The predicted octanol–water partition coefficient (Wildman–Crippen LogP) is 1.46. The van der Waals surface area contributed by atoms with Crippen molar-refractivity contribution in [1.29, 1.82) is 0 Å². The monoisotopic (exact) mass is 172 g/mol. The summed E-state index contributed by atoms with van der Waals surface area (Å²) in [5.74, 6) is -1.16. The molecule has 0 aliphatic carbocycles. The van der Waals surface area contributed by atoms with Crippen LogP contribution in [0.4, 0.5) is 4.39 Å². The molecular weight excluding hydrogens is 163 g/mol. The first-order valence-electron chi connectivity index (χ1n) is 3.57. The summed E-state index contributed by atoms with van der Waals surface area (Å²) in [6.07, 6.45) is 0.124. The number of aromatic carboxylic acids is 1. The van der Waals surface area contributed by atoms with E-state index in [1.54, 1.807) is 6.92 Å². The standard InChI is InChI=1S/C7H9FN2O2/c1-2-6(8)10-5(7(11)12)3-4-9-10/h3-4,6H,2H2,1H3,(H,11,12). The van der Waals surface area contributed by atoms with Crippen molar-refractivity contribution in [2.45, 2.75) is 19.6 Å². The average Bonchev–Trinajstić information content (AvgIpc) is 2.50. The van der Waals surface area contributed by atoms with E-state index in [2.05, 4.69) is 5.10 Å². The zero-order valence-electron chi connectivity index (χ0n) is 6.57. The normalized spacial score (nSPS) is 12.8. The van der Waals surface area contributed by atoms with Crippen LogP contribution in [0.1, 0.15) is 30.1 Å². The van der Waals surface area contributed by atoms with Gasteiger partial charge in [-0.3, -0.25) is 0 Å². The molecule has 1 atom stereocenters. The Balaban J connectivity index is 2.98. The minimum Gasteiger partial charge on any atom is -0.477 e. The first kappa shape index (κ1) is 8.70. The van der Waals surface area contributed by atoms with Crippen LogP contribution in [-0.4, -0.2) is 20.9 Å². The lowest BCUT2D eigenvalue weighted by Gasteiger charge is -2.06. The van der Waals surface area contributed by atoms with E-state index in [4.69, 9.17) is 5.11 Å². The van der Waals surface area contributed by atoms with Crippen LogP contribution in [0, 0.1) is 0 Å². The average molecular weight is 172 g/mol. The molecule has 0 aromatic carbocycles. The van der Waals surface area contributed by atoms with Gasteiger partial charge in [-0.25, -0.2) is 13.9 Å². The maximum absolute atomic E-state index is 13.0. The van der Waals surface area contributed by atoms with Gasteiger partial charge in [0.05, 0.1) is 0 Å². The lowest BCUT2D eigenvalue weighted by Crippen LogP contribution is -2.12. The molecule has 0 amide bonds. The summed E-state index contributed by atoms with van der Waals surface area (Å²) in [6.45, 7) is 1.62. The lowest BCUT2D eigenvalue weighted by molar-refractivity contribution is 0.0667. The molecule has 1 unspecified atom stereocenters. The highest BCUT2D eigenvalue weighted by atomic mass is 19.1. The fourth-order valence-electron chi connectivity index (χ4n) is 0.880. The van der Waals surface area contributed by atoms with E-state index >= 15 is 0 Å². The molecule has 0 saturated heterocycles. The van der Waals surface area contributed by atoms with Crippen molar-refractivity contribution < 1.29 is 14.3 Å². The van der Waals surface area contributed by atoms with Crippen molar-refractivity contribution in [3.8, 4) is 0 Å². The Hall–Kier alpha value is -1.39. The Kier molecular flexibility index (Phi) is 2.42. The maximum atomic E-state index is 13.0. The Morgan fingerprint density at radius 2 is 2.58 bits per heavy atom. The van der Waals surface area contributed by atoms with E-state index < -0.39 is 12.3 Å². The van der Waals surface area contributed by atoms with E-state index in [1.165, 1.54) is 12.3 Å². The van der Waals surface area contributed by atoms with Crippen LogP contribution in [0.5, 0.6) is 0 Å². The van der Waals surface area contributed by atoms with Gasteiger partial charge >= 0.3 is 5.97 Å². The highest BCUT2D eigenvalue weighted by molar-refractivity contribution is 5.85. The quantitative estimate of drug-likeness (QED) is 0.750. The van der Waals surface area contributed by atoms with Crippen molar-refractivity contribution >= 4 is 5.97 Å². The summed E-state index contributed by atoms with van der Waals surface area (Å²) >= 11 is 0. The number of alkyl halides is 1. The molecule has 0 saturated carbocycles. The van der Waals surface area contributed by atoms with E-state index in [0.29, 0.717) is 0 Å². The van der Waals surface area contributed by atoms with Crippen molar-refractivity contribution in [2.75, 3.05) is 0 Å². The molecule has 0 radical (unpaired) electrons. The van der Waals surface area contributed by atoms with Crippen molar-refractivity contribution in [3.05, 3.63) is 18.0 Å². The van der Waals surface area contributed by atoms with Gasteiger partial charge < -0.3 is 5.11 Å². The predicted molar refractivity (Wildman–Crippen MR) is 39.6 cm³/mol. The second-order valence-corrected chi connectivity index (χ2v) is 2.31. The zero-order valence-corrected chi connectivity index (χ0v) is 6.57. The fourth-order valence-corrected chi connectivity index (χ4v) is 0.880. The highest BCUT2D eigenvalue weighted by Gasteiger charge is 2.15. The summed E-state index contributed by atoms with van der Waals surface area (Å²) < 4.78 is 13.8. The van der Waals surface area contributed by atoms with Gasteiger partial charge in [-0.15, -0.1) is 0 Å². The van der Waals surface area contributed by atoms with Crippen LogP contribution < -0.4 is 0 Å². The third-order valence-electron chi connectivity index (χ3n) is 1.49. The molecule has 1 aromatic heterocycles. The van der Waals surface area contributed by atoms with Crippen LogP contribution >= 0.6 is 0 Å². The van der Waals surface area contributed by atoms with Gasteiger partial charge in [0, 0.05) is 6.20 Å². The Bertz CT molecular complexity index is 285. The van der Waals surface area contributed by atoms with Crippen LogP contribution in [0.15, 0.2) is 12.3 Å². The molecule has 1 N–H and O–H groups in total. The summed E-state index contributed by atoms with van der Waals surface area (Å²) in [5.41, 5.74) is -0.121. The lowest BCUT2D eigenvalue weighted by atomic mass is 10.4. The third kappa shape index (κ3) is 1.44. The maximum Gasteiger partial charge on any atom is 0.354 e. The molecule has 1 heterocycles. The zero-order chi connectivity index (χ0) is 9.14. The summed E-state index contributed by atoms with van der Waals surface area (Å²) in [4.78, 5) is 10.5. The van der Waals surface area contributed by atoms with Crippen LogP contribution in [0.25, 0.3) is 0 Å². The summed E-state index contributed by atoms with van der Waals surface area (Å²) in [5, 5.41) is 12.1. The van der Waals surface area contributed by atoms with Crippen LogP contribution in [0.3, 0.4) is 0 Å². The SMILES string of the molecule is CCC(F)n1nccc1C(=O)O. The molecule has 0 aliphatic rings. The number of carboxylic acids is 1. The van der Waals surface area contributed by atoms with Gasteiger partial charge in [0.1, 0.15) is 5.69 Å². The minimum atomic E-state index is -1.36. The minimum absolute atomic E-state index is 0.121. The van der Waals surface area contributed by atoms with Gasteiger partial charge in [-0.05, 0) is 12.5 Å². The Morgan fingerprint density at radius 1 is 1.92 bits per heavy atom. The van der Waals surface area contributed by atoms with E-state index in [9.17, 15) is 9.18 Å². The fraction of sp³-hybridized carbons (Fsp3) is 0.429. The van der Waals surface area contributed by atoms with E-state index in [1.807, 2.05) is 0 Å². The molecule has 66 valence electrons. The number of carbonyl (C=O) groups is 1. The molecule has 0 bridgehead atoms. The van der Waals surface area contributed by atoms with Crippen molar-refractivity contribution in [3.63, 3.8) is 0 Å². The number of hydrogen-bond donors (Lipinski definition) is 1. The molecule has 4 nitrogen and oxygen atoms in total. The van der Waals surface area contributed by atoms with E-state index in [0.717, 1.165) is 4.68 Å². The van der Waals surface area contributed by atoms with Gasteiger partial charge in [0.25, 0.3) is 0 Å². The first-order chi connectivity index (χ1) is 5.66. The summed E-state index contributed by atoms with van der Waals surface area (Å²) in [7, 11) is 0. The molecule has 12 heavy (non-hydrogen) atoms. The molecule has 1 rings (SSSR count). The summed E-state index contributed by atoms with van der Waals surface area (Å²) in [6, 6.07) is 1.27. The second kappa shape index (κ2) is 3.34. The van der Waals surface area contributed by atoms with Gasteiger partial charge in [-0.2, -0.15) is 5.10 Å². The number of carboxylic acid groups (broad SMARTS) is 1. The second-order valence-electron chi connectivity index (χ2n) is 2.31. The third-order valence-corrected chi connectivity index (χ3v) is 1.49. The Labute approximate surface area is 68.6 Å². The highest BCUT2D eigenvalue weighted by Crippen LogP contribution is 2.13. The molecule has 1 aromatic rings. The molecule has 0 spiro atoms. The van der Waals surface area contributed by atoms with Gasteiger partial charge in [0.15, 0.2) is 6.30 Å². The van der Waals surface area contributed by atoms with Gasteiger partial charge in [0.2, 0.25) is 0 Å². The number of rotatable bonds is 3. The van der Waals surface area contributed by atoms with Gasteiger partial charge in [-0.1, -0.05) is 6.92 Å². The smallest absolute Gasteiger partial charge is 0.354 e. The Morgan fingerprint density at radius 3 is 3.08 bits per heavy atom. The van der Waals surface area contributed by atoms with Crippen LogP contribution in [0.2, 0.25) is 0 Å². The van der Waals surface area contributed by atoms with Crippen LogP contribution in [-0.2, 0) is 0 Å². The number of nitrogens with zero attached hydrogens (tertiary/aromatic N) is 2. The first-order valence-corrected chi connectivity index (χ1v) is 3.57. The molecule has 0 fully saturated rings. The van der Waals surface area contributed by atoms with Crippen molar-refractivity contribution in [1.82, 2.24) is 9.78 Å². The topological polar surface area (TPSA) is 55.1 Å². The van der Waals surface area contributed by atoms with E-state index in [-0.39, 0.29) is 12.1 Å². The molecule has 0 aliphatic heterocycles. The largest absolute Gasteiger partial charge is 0.477 e. The number of halogens is 1. The molecule has 5 heteroatoms. The van der Waals surface area contributed by atoms with Crippen molar-refractivity contribution in [2.24, 2.45) is 0 Å².